The first-order valence-corrected chi connectivity index (χ1v) is 6.12. The maximum absolute atomic E-state index is 6.04. The lowest BCUT2D eigenvalue weighted by atomic mass is 10.1. The molecule has 1 aromatic rings. The van der Waals surface area contributed by atoms with E-state index in [9.17, 15) is 0 Å². The fourth-order valence-corrected chi connectivity index (χ4v) is 3.91. The van der Waals surface area contributed by atoms with Gasteiger partial charge in [-0.2, -0.15) is 0 Å². The first kappa shape index (κ1) is 9.69. The van der Waals surface area contributed by atoms with Gasteiger partial charge in [-0.15, -0.1) is 11.3 Å². The number of nitrogens with two attached hydrogens (primary N) is 1. The van der Waals surface area contributed by atoms with E-state index in [2.05, 4.69) is 42.1 Å². The smallest absolute Gasteiger partial charge is 0.0347 e. The quantitative estimate of drug-likeness (QED) is 0.824. The Morgan fingerprint density at radius 1 is 1.54 bits per heavy atom. The largest absolute Gasteiger partial charge is 0.327 e. The van der Waals surface area contributed by atoms with Crippen LogP contribution in [-0.4, -0.2) is 6.04 Å². The molecule has 1 aliphatic rings. The molecule has 0 amide bonds. The molecule has 1 heterocycles. The maximum Gasteiger partial charge on any atom is 0.0347 e. The fraction of sp³-hybridized carbons (Fsp3) is 0.600. The highest BCUT2D eigenvalue weighted by molar-refractivity contribution is 9.10. The molecule has 2 N–H and O–H groups in total. The van der Waals surface area contributed by atoms with Crippen molar-refractivity contribution >= 4 is 27.3 Å². The van der Waals surface area contributed by atoms with E-state index in [0.29, 0.717) is 17.4 Å². The van der Waals surface area contributed by atoms with Crippen LogP contribution in [0.2, 0.25) is 0 Å². The molecule has 0 aliphatic heterocycles. The van der Waals surface area contributed by atoms with Crippen molar-refractivity contribution in [3.05, 3.63) is 20.3 Å². The Labute approximate surface area is 91.5 Å². The Bertz CT molecular complexity index is 343. The number of hydrogen-bond acceptors (Lipinski definition) is 2. The number of halogens is 1. The highest BCUT2D eigenvalue weighted by Gasteiger charge is 2.57. The SMILES string of the molecule is Cc1csc([C@H]2[C@H](N)C2(C)C)c1Br. The molecule has 1 aromatic heterocycles. The minimum Gasteiger partial charge on any atom is -0.327 e. The molecular weight excluding hydrogens is 246 g/mol. The Balaban J connectivity index is 2.34. The van der Waals surface area contributed by atoms with Gasteiger partial charge in [-0.3, -0.25) is 0 Å². The van der Waals surface area contributed by atoms with Gasteiger partial charge in [0.2, 0.25) is 0 Å². The number of hydrogen-bond donors (Lipinski definition) is 1. The third-order valence-corrected chi connectivity index (χ3v) is 5.62. The predicted octanol–water partition coefficient (Wildman–Crippen LogP) is 3.27. The highest BCUT2D eigenvalue weighted by atomic mass is 79.9. The Morgan fingerprint density at radius 2 is 2.08 bits per heavy atom. The van der Waals surface area contributed by atoms with Crippen LogP contribution in [0, 0.1) is 12.3 Å². The summed E-state index contributed by atoms with van der Waals surface area (Å²) >= 11 is 5.45. The molecule has 1 nitrogen and oxygen atoms in total. The molecule has 1 aliphatic carbocycles. The van der Waals surface area contributed by atoms with E-state index in [1.54, 1.807) is 0 Å². The molecule has 0 unspecified atom stereocenters. The normalized spacial score (nSPS) is 30.5. The van der Waals surface area contributed by atoms with Gasteiger partial charge in [0, 0.05) is 21.3 Å². The monoisotopic (exact) mass is 259 g/mol. The van der Waals surface area contributed by atoms with Crippen molar-refractivity contribution < 1.29 is 0 Å². The fourth-order valence-electron chi connectivity index (χ4n) is 1.84. The van der Waals surface area contributed by atoms with Gasteiger partial charge >= 0.3 is 0 Å². The molecular formula is C10H14BrNS. The van der Waals surface area contributed by atoms with Crippen LogP contribution in [0.3, 0.4) is 0 Å². The molecule has 1 fully saturated rings. The van der Waals surface area contributed by atoms with Crippen LogP contribution in [0.4, 0.5) is 0 Å². The summed E-state index contributed by atoms with van der Waals surface area (Å²) in [4.78, 5) is 1.43. The second-order valence-electron chi connectivity index (χ2n) is 4.42. The molecule has 0 radical (unpaired) electrons. The number of thiophene rings is 1. The van der Waals surface area contributed by atoms with Crippen LogP contribution in [0.15, 0.2) is 9.85 Å². The molecule has 3 heteroatoms. The minimum absolute atomic E-state index is 0.291. The van der Waals surface area contributed by atoms with Gasteiger partial charge in [-0.05, 0) is 39.2 Å². The van der Waals surface area contributed by atoms with Crippen molar-refractivity contribution in [2.24, 2.45) is 11.1 Å². The van der Waals surface area contributed by atoms with Crippen LogP contribution in [-0.2, 0) is 0 Å². The van der Waals surface area contributed by atoms with Crippen LogP contribution in [0.5, 0.6) is 0 Å². The molecule has 0 aromatic carbocycles. The van der Waals surface area contributed by atoms with Crippen LogP contribution >= 0.6 is 27.3 Å². The van der Waals surface area contributed by atoms with Gasteiger partial charge in [-0.25, -0.2) is 0 Å². The summed E-state index contributed by atoms with van der Waals surface area (Å²) < 4.78 is 1.27. The molecule has 2 rings (SSSR count). The second kappa shape index (κ2) is 2.81. The number of aryl methyl sites for hydroxylation is 1. The van der Waals surface area contributed by atoms with Gasteiger partial charge < -0.3 is 5.73 Å². The van der Waals surface area contributed by atoms with E-state index in [4.69, 9.17) is 5.73 Å². The molecule has 0 bridgehead atoms. The summed E-state index contributed by atoms with van der Waals surface area (Å²) in [6, 6.07) is 0.335. The Kier molecular flexibility index (Phi) is 2.10. The zero-order valence-electron chi connectivity index (χ0n) is 8.10. The summed E-state index contributed by atoms with van der Waals surface area (Å²) in [5, 5.41) is 2.19. The predicted molar refractivity (Wildman–Crippen MR) is 61.3 cm³/mol. The molecule has 13 heavy (non-hydrogen) atoms. The highest BCUT2D eigenvalue weighted by Crippen LogP contribution is 2.60. The van der Waals surface area contributed by atoms with E-state index in [1.807, 2.05) is 11.3 Å². The van der Waals surface area contributed by atoms with E-state index < -0.39 is 0 Å². The molecule has 0 saturated heterocycles. The topological polar surface area (TPSA) is 26.0 Å². The van der Waals surface area contributed by atoms with Crippen molar-refractivity contribution in [2.75, 3.05) is 0 Å². The van der Waals surface area contributed by atoms with Crippen LogP contribution < -0.4 is 5.73 Å². The third kappa shape index (κ3) is 1.29. The average molecular weight is 260 g/mol. The zero-order valence-corrected chi connectivity index (χ0v) is 10.5. The van der Waals surface area contributed by atoms with E-state index in [0.717, 1.165) is 0 Å². The van der Waals surface area contributed by atoms with Gasteiger partial charge in [-0.1, -0.05) is 13.8 Å². The zero-order chi connectivity index (χ0) is 9.80. The first-order valence-electron chi connectivity index (χ1n) is 4.45. The Hall–Kier alpha value is 0.140. The molecule has 0 spiro atoms. The Morgan fingerprint density at radius 3 is 2.38 bits per heavy atom. The number of rotatable bonds is 1. The van der Waals surface area contributed by atoms with Crippen molar-refractivity contribution in [1.29, 1.82) is 0 Å². The third-order valence-electron chi connectivity index (χ3n) is 3.12. The second-order valence-corrected chi connectivity index (χ2v) is 6.13. The first-order chi connectivity index (χ1) is 5.96. The van der Waals surface area contributed by atoms with Crippen molar-refractivity contribution in [1.82, 2.24) is 0 Å². The van der Waals surface area contributed by atoms with Crippen LogP contribution in [0.1, 0.15) is 30.2 Å². The summed E-state index contributed by atoms with van der Waals surface area (Å²) in [6.45, 7) is 6.61. The summed E-state index contributed by atoms with van der Waals surface area (Å²) in [6.07, 6.45) is 0. The van der Waals surface area contributed by atoms with Crippen molar-refractivity contribution in [3.63, 3.8) is 0 Å². The minimum atomic E-state index is 0.291. The average Bonchev–Trinajstić information content (AvgIpc) is 2.39. The van der Waals surface area contributed by atoms with Crippen molar-refractivity contribution in [2.45, 2.75) is 32.7 Å². The van der Waals surface area contributed by atoms with E-state index >= 15 is 0 Å². The van der Waals surface area contributed by atoms with Gasteiger partial charge in [0.15, 0.2) is 0 Å². The van der Waals surface area contributed by atoms with Crippen molar-refractivity contribution in [3.8, 4) is 0 Å². The molecule has 1 saturated carbocycles. The summed E-state index contributed by atoms with van der Waals surface area (Å²) in [5.41, 5.74) is 7.66. The molecule has 72 valence electrons. The van der Waals surface area contributed by atoms with Gasteiger partial charge in [0.1, 0.15) is 0 Å². The summed E-state index contributed by atoms with van der Waals surface area (Å²) in [5.74, 6) is 0.556. The standard InChI is InChI=1S/C10H14BrNS/c1-5-4-13-8(7(5)11)6-9(12)10(6,2)3/h4,6,9H,12H2,1-3H3/t6-,9-/m0/s1. The molecule has 2 atom stereocenters. The van der Waals surface area contributed by atoms with Crippen LogP contribution in [0.25, 0.3) is 0 Å². The lowest BCUT2D eigenvalue weighted by Crippen LogP contribution is -2.06. The van der Waals surface area contributed by atoms with Gasteiger partial charge in [0.25, 0.3) is 0 Å². The van der Waals surface area contributed by atoms with E-state index in [1.165, 1.54) is 14.9 Å². The lowest BCUT2D eigenvalue weighted by molar-refractivity contribution is 0.600. The summed E-state index contributed by atoms with van der Waals surface area (Å²) in [7, 11) is 0. The lowest BCUT2D eigenvalue weighted by Gasteiger charge is -2.00. The van der Waals surface area contributed by atoms with Gasteiger partial charge in [0.05, 0.1) is 0 Å². The van der Waals surface area contributed by atoms with E-state index in [-0.39, 0.29) is 0 Å². The maximum atomic E-state index is 6.04.